The second-order valence-electron chi connectivity index (χ2n) is 6.55. The van der Waals surface area contributed by atoms with Crippen LogP contribution in [0.25, 0.3) is 0 Å². The summed E-state index contributed by atoms with van der Waals surface area (Å²) in [6.07, 6.45) is 0.715. The molecule has 0 aliphatic heterocycles. The summed E-state index contributed by atoms with van der Waals surface area (Å²) in [4.78, 5) is 14.5. The third-order valence-electron chi connectivity index (χ3n) is 4.48. The normalized spacial score (nSPS) is 10.3. The molecule has 0 fully saturated rings. The van der Waals surface area contributed by atoms with Crippen molar-refractivity contribution in [3.05, 3.63) is 78.4 Å². The van der Waals surface area contributed by atoms with Crippen LogP contribution in [-0.2, 0) is 11.2 Å². The van der Waals surface area contributed by atoms with Crippen molar-refractivity contribution < 1.29 is 14.3 Å². The molecular weight excluding hydrogens is 396 g/mol. The van der Waals surface area contributed by atoms with Gasteiger partial charge in [0.25, 0.3) is 0 Å². The van der Waals surface area contributed by atoms with E-state index in [0.717, 1.165) is 21.0 Å². The number of anilines is 1. The molecule has 0 aliphatic carbocycles. The number of hydrogen-bond donors (Lipinski definition) is 2. The van der Waals surface area contributed by atoms with Gasteiger partial charge in [0.1, 0.15) is 0 Å². The summed E-state index contributed by atoms with van der Waals surface area (Å²) in [6, 6.07) is 24.0. The SMILES string of the molecule is COc1ccc(CCNC(=O)CNc2ccccc2Sc2ccccc2)cc1OC. The monoisotopic (exact) mass is 422 g/mol. The van der Waals surface area contributed by atoms with Crippen molar-refractivity contribution in [1.29, 1.82) is 0 Å². The third kappa shape index (κ3) is 6.19. The maximum atomic E-state index is 12.3. The summed E-state index contributed by atoms with van der Waals surface area (Å²) in [7, 11) is 3.23. The Morgan fingerprint density at radius 3 is 2.40 bits per heavy atom. The third-order valence-corrected chi connectivity index (χ3v) is 5.57. The van der Waals surface area contributed by atoms with Crippen LogP contribution in [-0.4, -0.2) is 33.2 Å². The number of carbonyl (C=O) groups is 1. The summed E-state index contributed by atoms with van der Waals surface area (Å²) >= 11 is 1.67. The van der Waals surface area contributed by atoms with Crippen LogP contribution in [0.5, 0.6) is 11.5 Å². The lowest BCUT2D eigenvalue weighted by Gasteiger charge is -2.12. The predicted octanol–water partition coefficient (Wildman–Crippen LogP) is 4.63. The van der Waals surface area contributed by atoms with Crippen molar-refractivity contribution in [2.24, 2.45) is 0 Å². The zero-order valence-corrected chi connectivity index (χ0v) is 18.0. The van der Waals surface area contributed by atoms with Crippen LogP contribution in [0.3, 0.4) is 0 Å². The Morgan fingerprint density at radius 1 is 0.900 bits per heavy atom. The minimum Gasteiger partial charge on any atom is -0.493 e. The van der Waals surface area contributed by atoms with E-state index in [9.17, 15) is 4.79 Å². The summed E-state index contributed by atoms with van der Waals surface area (Å²) in [5, 5.41) is 6.20. The first-order chi connectivity index (χ1) is 14.7. The lowest BCUT2D eigenvalue weighted by atomic mass is 10.1. The Balaban J connectivity index is 1.48. The number of methoxy groups -OCH3 is 2. The van der Waals surface area contributed by atoms with Crippen LogP contribution in [0.2, 0.25) is 0 Å². The van der Waals surface area contributed by atoms with Gasteiger partial charge in [0.05, 0.1) is 20.8 Å². The predicted molar refractivity (Wildman–Crippen MR) is 122 cm³/mol. The Morgan fingerprint density at radius 2 is 1.63 bits per heavy atom. The highest BCUT2D eigenvalue weighted by Crippen LogP contribution is 2.33. The highest BCUT2D eigenvalue weighted by Gasteiger charge is 2.08. The van der Waals surface area contributed by atoms with Gasteiger partial charge in [-0.05, 0) is 48.4 Å². The molecule has 2 N–H and O–H groups in total. The van der Waals surface area contributed by atoms with E-state index in [4.69, 9.17) is 9.47 Å². The first-order valence-corrected chi connectivity index (χ1v) is 10.5. The fraction of sp³-hybridized carbons (Fsp3) is 0.208. The number of rotatable bonds is 10. The highest BCUT2D eigenvalue weighted by atomic mass is 32.2. The average Bonchev–Trinajstić information content (AvgIpc) is 2.79. The quantitative estimate of drug-likeness (QED) is 0.499. The van der Waals surface area contributed by atoms with Gasteiger partial charge in [-0.3, -0.25) is 4.79 Å². The van der Waals surface area contributed by atoms with Gasteiger partial charge >= 0.3 is 0 Å². The number of para-hydroxylation sites is 1. The molecule has 0 saturated heterocycles. The summed E-state index contributed by atoms with van der Waals surface area (Å²) in [6.45, 7) is 0.773. The van der Waals surface area contributed by atoms with Crippen LogP contribution in [0.4, 0.5) is 5.69 Å². The number of nitrogens with one attached hydrogen (secondary N) is 2. The largest absolute Gasteiger partial charge is 0.493 e. The van der Waals surface area contributed by atoms with Crippen LogP contribution in [0, 0.1) is 0 Å². The van der Waals surface area contributed by atoms with E-state index >= 15 is 0 Å². The van der Waals surface area contributed by atoms with Crippen LogP contribution >= 0.6 is 11.8 Å². The molecule has 1 amide bonds. The van der Waals surface area contributed by atoms with E-state index < -0.39 is 0 Å². The standard InChI is InChI=1S/C24H26N2O3S/c1-28-21-13-12-18(16-22(21)29-2)14-15-25-24(27)17-26-20-10-6-7-11-23(20)30-19-8-4-3-5-9-19/h3-13,16,26H,14-15,17H2,1-2H3,(H,25,27). The molecule has 0 saturated carbocycles. The Labute approximate surface area is 181 Å². The summed E-state index contributed by atoms with van der Waals surface area (Å²) < 4.78 is 10.6. The molecule has 156 valence electrons. The van der Waals surface area contributed by atoms with E-state index in [0.29, 0.717) is 24.5 Å². The number of benzene rings is 3. The molecule has 3 aromatic carbocycles. The molecule has 3 rings (SSSR count). The second kappa shape index (κ2) is 11.2. The molecule has 0 spiro atoms. The molecule has 0 atom stereocenters. The van der Waals surface area contributed by atoms with Gasteiger partial charge in [0.2, 0.25) is 5.91 Å². The molecule has 0 aliphatic rings. The first kappa shape index (κ1) is 21.6. The first-order valence-electron chi connectivity index (χ1n) is 9.73. The van der Waals surface area contributed by atoms with Crippen molar-refractivity contribution >= 4 is 23.4 Å². The number of hydrogen-bond acceptors (Lipinski definition) is 5. The topological polar surface area (TPSA) is 59.6 Å². The highest BCUT2D eigenvalue weighted by molar-refractivity contribution is 7.99. The summed E-state index contributed by atoms with van der Waals surface area (Å²) in [5.41, 5.74) is 2.02. The van der Waals surface area contributed by atoms with E-state index in [-0.39, 0.29) is 12.5 Å². The molecule has 0 heterocycles. The van der Waals surface area contributed by atoms with Crippen molar-refractivity contribution in [2.45, 2.75) is 16.2 Å². The molecule has 6 heteroatoms. The zero-order chi connectivity index (χ0) is 21.2. The second-order valence-corrected chi connectivity index (χ2v) is 7.67. The molecule has 0 bridgehead atoms. The molecule has 30 heavy (non-hydrogen) atoms. The van der Waals surface area contributed by atoms with Crippen molar-refractivity contribution in [3.63, 3.8) is 0 Å². The van der Waals surface area contributed by atoms with Gasteiger partial charge in [0.15, 0.2) is 11.5 Å². The van der Waals surface area contributed by atoms with Gasteiger partial charge in [-0.1, -0.05) is 48.2 Å². The van der Waals surface area contributed by atoms with Crippen molar-refractivity contribution in [2.75, 3.05) is 32.6 Å². The van der Waals surface area contributed by atoms with E-state index in [1.165, 1.54) is 0 Å². The van der Waals surface area contributed by atoms with Crippen LogP contribution < -0.4 is 20.1 Å². The maximum absolute atomic E-state index is 12.3. The van der Waals surface area contributed by atoms with E-state index in [2.05, 4.69) is 28.8 Å². The van der Waals surface area contributed by atoms with E-state index in [1.54, 1.807) is 26.0 Å². The fourth-order valence-corrected chi connectivity index (χ4v) is 3.88. The molecule has 5 nitrogen and oxygen atoms in total. The number of amides is 1. The summed E-state index contributed by atoms with van der Waals surface area (Å²) in [5.74, 6) is 1.34. The van der Waals surface area contributed by atoms with Crippen molar-refractivity contribution in [3.8, 4) is 11.5 Å². The molecule has 0 aromatic heterocycles. The molecule has 0 unspecified atom stereocenters. The van der Waals surface area contributed by atoms with Crippen LogP contribution in [0.15, 0.2) is 82.6 Å². The van der Waals surface area contributed by atoms with Gasteiger partial charge < -0.3 is 20.1 Å². The van der Waals surface area contributed by atoms with E-state index in [1.807, 2.05) is 54.6 Å². The number of carbonyl (C=O) groups excluding carboxylic acids is 1. The lowest BCUT2D eigenvalue weighted by Crippen LogP contribution is -2.31. The minimum absolute atomic E-state index is 0.0463. The zero-order valence-electron chi connectivity index (χ0n) is 17.2. The van der Waals surface area contributed by atoms with Crippen LogP contribution in [0.1, 0.15) is 5.56 Å². The Bertz CT molecular complexity index is 964. The maximum Gasteiger partial charge on any atom is 0.239 e. The van der Waals surface area contributed by atoms with Crippen molar-refractivity contribution in [1.82, 2.24) is 5.32 Å². The lowest BCUT2D eigenvalue weighted by molar-refractivity contribution is -0.119. The smallest absolute Gasteiger partial charge is 0.239 e. The van der Waals surface area contributed by atoms with Gasteiger partial charge in [-0.25, -0.2) is 0 Å². The molecular formula is C24H26N2O3S. The fourth-order valence-electron chi connectivity index (χ4n) is 2.94. The number of ether oxygens (including phenoxy) is 2. The average molecular weight is 423 g/mol. The molecule has 3 aromatic rings. The minimum atomic E-state index is -0.0463. The van der Waals surface area contributed by atoms with Gasteiger partial charge in [0, 0.05) is 22.0 Å². The molecule has 0 radical (unpaired) electrons. The van der Waals surface area contributed by atoms with Gasteiger partial charge in [-0.2, -0.15) is 0 Å². The Kier molecular flexibility index (Phi) is 8.03. The Hall–Kier alpha value is -3.12. The van der Waals surface area contributed by atoms with Gasteiger partial charge in [-0.15, -0.1) is 0 Å².